The Hall–Kier alpha value is -6.50. The van der Waals surface area contributed by atoms with Crippen molar-refractivity contribution in [3.05, 3.63) is 180 Å². The smallest absolute Gasteiger partial charge is 0.0619 e. The molecule has 0 aromatic heterocycles. The van der Waals surface area contributed by atoms with E-state index in [2.05, 4.69) is 0 Å². The average molecular weight is 705 g/mol. The van der Waals surface area contributed by atoms with Gasteiger partial charge in [0.05, 0.1) is 38.4 Å². The molecule has 0 fully saturated rings. The van der Waals surface area contributed by atoms with Crippen molar-refractivity contribution < 1.29 is 46.6 Å². The third kappa shape index (κ3) is 3.96. The maximum Gasteiger partial charge on any atom is 0.0636 e. The standard InChI is InChI=1S/C53H34/c1-53(2)47-12-4-3-11-43(47)44-24-21-37(30-48(44)53)38-27-39(41-22-17-35-15-13-31-7-5-9-33-19-25-45(41)51(35)49(31)33)29-40(28-38)42-23-18-36-16-14-32-8-6-10-34-20-26-46(42)52(36)50(32)34/h3-30H,1-2H3/i1D3,2D3,3D,4D,5D,6D,7D,8D,9D,10D,11D,12D,13D,14D,15D,16D,17D,18D,19D,20D,21D,22D,23D,24D,25D,26D,27D,28D,29D,30D. The molecule has 0 saturated heterocycles. The molecule has 246 valence electrons. The van der Waals surface area contributed by atoms with Crippen LogP contribution in [0.5, 0.6) is 0 Å². The van der Waals surface area contributed by atoms with Gasteiger partial charge in [0.1, 0.15) is 0 Å². The van der Waals surface area contributed by atoms with Crippen LogP contribution < -0.4 is 0 Å². The van der Waals surface area contributed by atoms with Crippen LogP contribution in [0.15, 0.2) is 169 Å². The van der Waals surface area contributed by atoms with Gasteiger partial charge < -0.3 is 0 Å². The molecule has 0 aliphatic heterocycles. The molecule has 1 aliphatic carbocycles. The Morgan fingerprint density at radius 3 is 1.36 bits per heavy atom. The minimum absolute atomic E-state index is 0.434. The van der Waals surface area contributed by atoms with Gasteiger partial charge >= 0.3 is 0 Å². The van der Waals surface area contributed by atoms with Crippen LogP contribution in [0, 0.1) is 0 Å². The summed E-state index contributed by atoms with van der Waals surface area (Å²) in [6, 6.07) is -28.9. The van der Waals surface area contributed by atoms with Crippen LogP contribution in [-0.2, 0) is 5.41 Å². The lowest BCUT2D eigenvalue weighted by Gasteiger charge is -2.22. The number of hydrogen-bond acceptors (Lipinski definition) is 0. The Balaban J connectivity index is 1.40. The molecule has 11 aromatic rings. The van der Waals surface area contributed by atoms with Crippen molar-refractivity contribution in [2.75, 3.05) is 0 Å². The van der Waals surface area contributed by atoms with Crippen molar-refractivity contribution in [2.24, 2.45) is 0 Å². The molecule has 0 radical (unpaired) electrons. The molecule has 0 saturated carbocycles. The summed E-state index contributed by atoms with van der Waals surface area (Å²) in [4.78, 5) is 0. The minimum Gasteiger partial charge on any atom is -0.0619 e. The summed E-state index contributed by atoms with van der Waals surface area (Å²) in [5.74, 6) is 0. The van der Waals surface area contributed by atoms with E-state index in [-0.39, 0.29) is 0 Å². The van der Waals surface area contributed by atoms with Gasteiger partial charge in [-0.3, -0.25) is 0 Å². The third-order valence-corrected chi connectivity index (χ3v) is 9.62. The van der Waals surface area contributed by atoms with Gasteiger partial charge in [0.2, 0.25) is 0 Å². The van der Waals surface area contributed by atoms with E-state index in [1.165, 1.54) is 0 Å². The highest BCUT2D eigenvalue weighted by Crippen LogP contribution is 2.50. The first kappa shape index (κ1) is 11.5. The molecular formula is C53H34. The van der Waals surface area contributed by atoms with E-state index in [9.17, 15) is 19.2 Å². The topological polar surface area (TPSA) is 0 Å². The van der Waals surface area contributed by atoms with Crippen LogP contribution in [0.2, 0.25) is 0 Å². The molecule has 1 aliphatic rings. The Morgan fingerprint density at radius 1 is 0.340 bits per heavy atom. The lowest BCUT2D eigenvalue weighted by Crippen LogP contribution is -2.14. The fourth-order valence-corrected chi connectivity index (χ4v) is 7.25. The number of hydrogen-bond donors (Lipinski definition) is 0. The molecule has 0 spiro atoms. The molecule has 0 atom stereocenters. The molecule has 12 rings (SSSR count). The third-order valence-electron chi connectivity index (χ3n) is 9.62. The Bertz CT molecular complexity index is 4850. The molecule has 0 heterocycles. The predicted octanol–water partition coefficient (Wildman–Crippen LogP) is 14.8. The van der Waals surface area contributed by atoms with E-state index in [4.69, 9.17) is 27.4 Å². The quantitative estimate of drug-likeness (QED) is 0.161. The number of fused-ring (bicyclic) bond motifs is 3. The van der Waals surface area contributed by atoms with Gasteiger partial charge in [-0.2, -0.15) is 0 Å². The first-order chi connectivity index (χ1) is 40.2. The van der Waals surface area contributed by atoms with Gasteiger partial charge in [0, 0.05) is 13.6 Å². The predicted molar refractivity (Wildman–Crippen MR) is 228 cm³/mol. The fraction of sp³-hybridized carbons (Fsp3) is 0.0566. The molecule has 0 unspecified atom stereocenters. The van der Waals surface area contributed by atoms with Gasteiger partial charge in [-0.05, 0) is 144 Å². The summed E-state index contributed by atoms with van der Waals surface area (Å²) < 4.78 is 315. The highest BCUT2D eigenvalue weighted by atomic mass is 14.4. The second-order valence-corrected chi connectivity index (χ2v) is 12.5. The van der Waals surface area contributed by atoms with Crippen molar-refractivity contribution >= 4 is 64.6 Å². The molecule has 0 nitrogen and oxygen atoms in total. The van der Waals surface area contributed by atoms with Crippen LogP contribution in [-0.4, -0.2) is 0 Å². The van der Waals surface area contributed by atoms with Gasteiger partial charge in [-0.1, -0.05) is 159 Å². The van der Waals surface area contributed by atoms with Crippen LogP contribution in [0.25, 0.3) is 109 Å². The van der Waals surface area contributed by atoms with Crippen LogP contribution in [0.3, 0.4) is 0 Å². The van der Waals surface area contributed by atoms with Gasteiger partial charge in [0.15, 0.2) is 0 Å². The normalized spacial score (nSPS) is 23.2. The highest BCUT2D eigenvalue weighted by Gasteiger charge is 2.35. The molecule has 53 heavy (non-hydrogen) atoms. The second kappa shape index (κ2) is 10.3. The maximum absolute atomic E-state index is 10.3. The first-order valence-corrected chi connectivity index (χ1v) is 16.0. The fourth-order valence-electron chi connectivity index (χ4n) is 7.25. The van der Waals surface area contributed by atoms with Gasteiger partial charge in [-0.25, -0.2) is 0 Å². The van der Waals surface area contributed by atoms with E-state index in [1.807, 2.05) is 0 Å². The zero-order valence-electron chi connectivity index (χ0n) is 60.5. The summed E-state index contributed by atoms with van der Waals surface area (Å²) in [7, 11) is 0. The van der Waals surface area contributed by atoms with Crippen molar-refractivity contribution in [2.45, 2.75) is 19.1 Å². The summed E-state index contributed by atoms with van der Waals surface area (Å²) in [6.45, 7) is -7.99. The second-order valence-electron chi connectivity index (χ2n) is 12.5. The number of rotatable bonds is 3. The van der Waals surface area contributed by atoms with Gasteiger partial charge in [-0.15, -0.1) is 0 Å². The Kier molecular flexibility index (Phi) is 2.24. The zero-order valence-corrected chi connectivity index (χ0v) is 26.5. The molecule has 0 bridgehead atoms. The average Bonchev–Trinajstić information content (AvgIpc) is 1.66. The first-order valence-electron chi connectivity index (χ1n) is 33.0. The Labute approximate surface area is 356 Å². The number of benzene rings is 11. The van der Waals surface area contributed by atoms with E-state index in [0.717, 1.165) is 0 Å². The largest absolute Gasteiger partial charge is 0.0636 e. The Morgan fingerprint density at radius 2 is 0.792 bits per heavy atom. The highest BCUT2D eigenvalue weighted by molar-refractivity contribution is 6.27. The summed E-state index contributed by atoms with van der Waals surface area (Å²) in [5, 5.41) is -6.75. The van der Waals surface area contributed by atoms with Crippen molar-refractivity contribution in [1.29, 1.82) is 0 Å². The SMILES string of the molecule is [2H]c1c([2H])c([2H])c2c(c1[2H])-c1c([2H])c([2H])c(-c3c([2H])c(-c4c([2H])c([2H])c5c([2H])c([2H])c6c([2H])c([2H])c([2H])c7c([2H])c([2H])c4c5c67)c([2H])c(-c4c([2H])c([2H])c5c([2H])c([2H])c6c([2H])c([2H])c([2H])c7c([2H])c([2H])c4c5c67)c3[2H])c([2H])c1C2(C([2H])([2H])[2H])C([2H])([2H])[2H]. The molecule has 0 amide bonds. The lowest BCUT2D eigenvalue weighted by atomic mass is 9.81. The summed E-state index contributed by atoms with van der Waals surface area (Å²) in [6.07, 6.45) is 0. The minimum atomic E-state index is -3.99. The van der Waals surface area contributed by atoms with E-state index < -0.39 is 309 Å². The van der Waals surface area contributed by atoms with E-state index in [0.29, 0.717) is 0 Å². The molecule has 11 aromatic carbocycles. The summed E-state index contributed by atoms with van der Waals surface area (Å²) in [5.41, 5.74) is -14.5. The monoisotopic (exact) mass is 704 g/mol. The van der Waals surface area contributed by atoms with Crippen molar-refractivity contribution in [3.8, 4) is 44.5 Å². The van der Waals surface area contributed by atoms with E-state index in [1.54, 1.807) is 0 Å². The van der Waals surface area contributed by atoms with Crippen LogP contribution >= 0.6 is 0 Å². The van der Waals surface area contributed by atoms with Crippen molar-refractivity contribution in [3.63, 3.8) is 0 Å². The lowest BCUT2D eigenvalue weighted by molar-refractivity contribution is 0.660. The van der Waals surface area contributed by atoms with Crippen LogP contribution in [0.4, 0.5) is 0 Å². The maximum atomic E-state index is 10.3. The molecular weight excluding hydrogens is 637 g/mol. The van der Waals surface area contributed by atoms with Gasteiger partial charge in [0.25, 0.3) is 0 Å². The molecule has 0 N–H and O–H groups in total. The molecule has 0 heteroatoms. The van der Waals surface area contributed by atoms with Crippen molar-refractivity contribution in [1.82, 2.24) is 0 Å². The van der Waals surface area contributed by atoms with Crippen LogP contribution in [0.1, 0.15) is 71.4 Å². The summed E-state index contributed by atoms with van der Waals surface area (Å²) >= 11 is 0. The van der Waals surface area contributed by atoms with E-state index >= 15 is 0 Å². The zero-order chi connectivity index (χ0) is 64.4.